The largest absolute Gasteiger partial charge is 0.433 e. The van der Waals surface area contributed by atoms with Crippen LogP contribution in [0.4, 0.5) is 13.2 Å². The van der Waals surface area contributed by atoms with Crippen molar-refractivity contribution >= 4 is 5.91 Å². The fourth-order valence-corrected chi connectivity index (χ4v) is 3.21. The number of fused-ring (bicyclic) bond motifs is 1. The van der Waals surface area contributed by atoms with Gasteiger partial charge in [0.25, 0.3) is 5.91 Å². The summed E-state index contributed by atoms with van der Waals surface area (Å²) in [7, 11) is 1.74. The monoisotopic (exact) mass is 368 g/mol. The zero-order chi connectivity index (χ0) is 19.1. The number of alkyl halides is 3. The number of carbonyl (C=O) groups excluding carboxylic acids is 1. The van der Waals surface area contributed by atoms with E-state index in [-0.39, 0.29) is 30.1 Å². The second-order valence-corrected chi connectivity index (χ2v) is 6.32. The van der Waals surface area contributed by atoms with Gasteiger partial charge in [0.1, 0.15) is 5.69 Å². The van der Waals surface area contributed by atoms with E-state index >= 15 is 0 Å². The highest BCUT2D eigenvalue weighted by Crippen LogP contribution is 2.31. The van der Waals surface area contributed by atoms with Gasteiger partial charge in [-0.2, -0.15) is 18.3 Å². The van der Waals surface area contributed by atoms with Gasteiger partial charge in [0.2, 0.25) is 0 Å². The summed E-state index contributed by atoms with van der Waals surface area (Å²) in [5.74, 6) is -0.442. The first-order valence-corrected chi connectivity index (χ1v) is 8.19. The van der Waals surface area contributed by atoms with Gasteiger partial charge in [-0.15, -0.1) is 0 Å². The van der Waals surface area contributed by atoms with E-state index in [0.717, 1.165) is 17.3 Å². The Bertz CT molecular complexity index is 832. The molecule has 0 unspecified atom stereocenters. The molecule has 6 nitrogen and oxygen atoms in total. The van der Waals surface area contributed by atoms with Crippen LogP contribution in [0.3, 0.4) is 0 Å². The van der Waals surface area contributed by atoms with E-state index in [9.17, 15) is 18.0 Å². The maximum absolute atomic E-state index is 12.7. The molecule has 0 spiro atoms. The highest BCUT2D eigenvalue weighted by molar-refractivity contribution is 5.94. The predicted octanol–water partition coefficient (Wildman–Crippen LogP) is 2.79. The average Bonchev–Trinajstić information content (AvgIpc) is 2.89. The van der Waals surface area contributed by atoms with Crippen LogP contribution in [-0.4, -0.2) is 26.8 Å². The number of ether oxygens (including phenoxy) is 1. The number of pyridine rings is 1. The summed E-state index contributed by atoms with van der Waals surface area (Å²) >= 11 is 0. The van der Waals surface area contributed by atoms with Gasteiger partial charge in [-0.05, 0) is 26.0 Å². The first-order chi connectivity index (χ1) is 12.2. The van der Waals surface area contributed by atoms with E-state index in [1.165, 1.54) is 12.1 Å². The first kappa shape index (κ1) is 18.4. The summed E-state index contributed by atoms with van der Waals surface area (Å²) in [6.45, 7) is 3.70. The van der Waals surface area contributed by atoms with E-state index in [1.807, 2.05) is 13.8 Å². The first-order valence-electron chi connectivity index (χ1n) is 8.19. The number of hydrogen-bond donors (Lipinski definition) is 1. The zero-order valence-corrected chi connectivity index (χ0v) is 14.6. The molecule has 140 valence electrons. The molecule has 1 amide bonds. The Labute approximate surface area is 148 Å². The standard InChI is InChI=1S/C17H19F3N4O2/c1-9-7-12-14(23-24(3)15(12)10(2)26-9)16(25)21-8-11-5-4-6-13(22-11)17(18,19)20/h4-6,9-10H,7-8H2,1-3H3,(H,21,25)/t9-,10+/m1/s1. The molecule has 2 atom stereocenters. The molecule has 2 aromatic rings. The highest BCUT2D eigenvalue weighted by Gasteiger charge is 2.33. The van der Waals surface area contributed by atoms with Crippen molar-refractivity contribution in [2.24, 2.45) is 7.05 Å². The van der Waals surface area contributed by atoms with Crippen molar-refractivity contribution < 1.29 is 22.7 Å². The van der Waals surface area contributed by atoms with Crippen molar-refractivity contribution in [1.82, 2.24) is 20.1 Å². The SMILES string of the molecule is C[C@@H]1Cc2c(C(=O)NCc3cccc(C(F)(F)F)n3)nn(C)c2[C@H](C)O1. The molecule has 1 N–H and O–H groups in total. The molecule has 0 saturated heterocycles. The number of nitrogens with one attached hydrogen (secondary N) is 1. The molecule has 9 heteroatoms. The predicted molar refractivity (Wildman–Crippen MR) is 86.3 cm³/mol. The second-order valence-electron chi connectivity index (χ2n) is 6.32. The molecule has 3 rings (SSSR count). The minimum atomic E-state index is -4.52. The quantitative estimate of drug-likeness (QED) is 0.905. The molecule has 3 heterocycles. The Morgan fingerprint density at radius 3 is 2.81 bits per heavy atom. The lowest BCUT2D eigenvalue weighted by molar-refractivity contribution is -0.141. The van der Waals surface area contributed by atoms with Gasteiger partial charge >= 0.3 is 6.18 Å². The van der Waals surface area contributed by atoms with E-state index in [1.54, 1.807) is 11.7 Å². The van der Waals surface area contributed by atoms with Crippen LogP contribution in [0.25, 0.3) is 0 Å². The molecule has 1 aliphatic heterocycles. The number of carbonyl (C=O) groups is 1. The zero-order valence-electron chi connectivity index (χ0n) is 14.6. The third-order valence-corrected chi connectivity index (χ3v) is 4.25. The Kier molecular flexibility index (Phi) is 4.74. The Hall–Kier alpha value is -2.42. The second kappa shape index (κ2) is 6.71. The molecular weight excluding hydrogens is 349 g/mol. The number of rotatable bonds is 3. The molecule has 0 radical (unpaired) electrons. The van der Waals surface area contributed by atoms with E-state index in [0.29, 0.717) is 6.42 Å². The summed E-state index contributed by atoms with van der Waals surface area (Å²) in [5, 5.41) is 6.87. The molecular formula is C17H19F3N4O2. The lowest BCUT2D eigenvalue weighted by Crippen LogP contribution is -2.28. The van der Waals surface area contributed by atoms with E-state index in [4.69, 9.17) is 4.74 Å². The van der Waals surface area contributed by atoms with Crippen LogP contribution in [0.1, 0.15) is 53.1 Å². The van der Waals surface area contributed by atoms with Crippen LogP contribution < -0.4 is 5.32 Å². The number of amides is 1. The van der Waals surface area contributed by atoms with Crippen molar-refractivity contribution in [2.45, 2.75) is 45.2 Å². The van der Waals surface area contributed by atoms with Crippen molar-refractivity contribution in [1.29, 1.82) is 0 Å². The fraction of sp³-hybridized carbons (Fsp3) is 0.471. The number of aryl methyl sites for hydroxylation is 1. The minimum Gasteiger partial charge on any atom is -0.369 e. The summed E-state index contributed by atoms with van der Waals surface area (Å²) < 4.78 is 45.5. The van der Waals surface area contributed by atoms with Crippen LogP contribution in [0, 0.1) is 0 Å². The maximum atomic E-state index is 12.7. The topological polar surface area (TPSA) is 69.0 Å². The van der Waals surface area contributed by atoms with E-state index in [2.05, 4.69) is 15.4 Å². The van der Waals surface area contributed by atoms with Gasteiger partial charge in [0.15, 0.2) is 5.69 Å². The molecule has 0 saturated carbocycles. The van der Waals surface area contributed by atoms with Gasteiger partial charge in [-0.25, -0.2) is 4.98 Å². The van der Waals surface area contributed by atoms with Crippen LogP contribution in [0.15, 0.2) is 18.2 Å². The van der Waals surface area contributed by atoms with Gasteiger partial charge in [0.05, 0.1) is 30.1 Å². The third kappa shape index (κ3) is 3.57. The molecule has 1 aliphatic rings. The van der Waals surface area contributed by atoms with Crippen molar-refractivity contribution in [3.8, 4) is 0 Å². The Balaban J connectivity index is 1.77. The maximum Gasteiger partial charge on any atom is 0.433 e. The van der Waals surface area contributed by atoms with Crippen LogP contribution in [0.5, 0.6) is 0 Å². The third-order valence-electron chi connectivity index (χ3n) is 4.25. The number of nitrogens with zero attached hydrogens (tertiary/aromatic N) is 3. The highest BCUT2D eigenvalue weighted by atomic mass is 19.4. The minimum absolute atomic E-state index is 0.0432. The summed E-state index contributed by atoms with van der Waals surface area (Å²) in [6.07, 6.45) is -4.19. The molecule has 0 bridgehead atoms. The number of halogens is 3. The number of aromatic nitrogens is 3. The summed E-state index contributed by atoms with van der Waals surface area (Å²) in [4.78, 5) is 16.1. The summed E-state index contributed by atoms with van der Waals surface area (Å²) in [6, 6.07) is 3.59. The van der Waals surface area contributed by atoms with Crippen molar-refractivity contribution in [3.05, 3.63) is 46.5 Å². The van der Waals surface area contributed by atoms with Crippen molar-refractivity contribution in [2.75, 3.05) is 0 Å². The lowest BCUT2D eigenvalue weighted by atomic mass is 9.99. The smallest absolute Gasteiger partial charge is 0.369 e. The number of hydrogen-bond acceptors (Lipinski definition) is 4. The Morgan fingerprint density at radius 2 is 2.12 bits per heavy atom. The van der Waals surface area contributed by atoms with Crippen LogP contribution >= 0.6 is 0 Å². The fourth-order valence-electron chi connectivity index (χ4n) is 3.21. The van der Waals surface area contributed by atoms with Gasteiger partial charge < -0.3 is 10.1 Å². The van der Waals surface area contributed by atoms with Crippen LogP contribution in [-0.2, 0) is 30.9 Å². The average molecular weight is 368 g/mol. The lowest BCUT2D eigenvalue weighted by Gasteiger charge is -2.26. The van der Waals surface area contributed by atoms with Crippen molar-refractivity contribution in [3.63, 3.8) is 0 Å². The molecule has 26 heavy (non-hydrogen) atoms. The van der Waals surface area contributed by atoms with Gasteiger partial charge in [-0.1, -0.05) is 6.07 Å². The van der Waals surface area contributed by atoms with Gasteiger partial charge in [-0.3, -0.25) is 9.48 Å². The molecule has 0 aromatic carbocycles. The van der Waals surface area contributed by atoms with E-state index < -0.39 is 17.8 Å². The Morgan fingerprint density at radius 1 is 1.38 bits per heavy atom. The normalized spacial score (nSPS) is 19.9. The molecule has 2 aromatic heterocycles. The van der Waals surface area contributed by atoms with Gasteiger partial charge in [0, 0.05) is 19.0 Å². The molecule has 0 fully saturated rings. The summed E-state index contributed by atoms with van der Waals surface area (Å²) in [5.41, 5.74) is 1.07. The van der Waals surface area contributed by atoms with Crippen LogP contribution in [0.2, 0.25) is 0 Å². The molecule has 0 aliphatic carbocycles.